The van der Waals surface area contributed by atoms with Crippen LogP contribution in [0.5, 0.6) is 0 Å². The molecule has 2 aromatic heterocycles. The Morgan fingerprint density at radius 1 is 0.974 bits per heavy atom. The molecular formula is C31H34FN5O2. The summed E-state index contributed by atoms with van der Waals surface area (Å²) in [6, 6.07) is 16.8. The van der Waals surface area contributed by atoms with Crippen molar-refractivity contribution in [3.63, 3.8) is 0 Å². The lowest BCUT2D eigenvalue weighted by Crippen LogP contribution is -2.34. The Morgan fingerprint density at radius 3 is 2.38 bits per heavy atom. The molecule has 4 heterocycles. The minimum absolute atomic E-state index is 0.0370. The van der Waals surface area contributed by atoms with Gasteiger partial charge in [-0.1, -0.05) is 35.5 Å². The quantitative estimate of drug-likeness (QED) is 0.325. The number of carbonyl (C=O) groups excluding carboxylic acids is 1. The second kappa shape index (κ2) is 10.8. The van der Waals surface area contributed by atoms with Gasteiger partial charge in [-0.2, -0.15) is 5.10 Å². The van der Waals surface area contributed by atoms with Crippen molar-refractivity contribution in [2.75, 3.05) is 26.2 Å². The summed E-state index contributed by atoms with van der Waals surface area (Å²) in [7, 11) is 0. The third-order valence-corrected chi connectivity index (χ3v) is 8.39. The van der Waals surface area contributed by atoms with Gasteiger partial charge in [0.05, 0.1) is 28.8 Å². The molecule has 1 amide bonds. The fourth-order valence-corrected chi connectivity index (χ4v) is 6.13. The normalized spacial score (nSPS) is 18.6. The first-order chi connectivity index (χ1) is 19.0. The zero-order valence-electron chi connectivity index (χ0n) is 22.5. The van der Waals surface area contributed by atoms with Gasteiger partial charge in [0.2, 0.25) is 0 Å². The predicted molar refractivity (Wildman–Crippen MR) is 146 cm³/mol. The van der Waals surface area contributed by atoms with Crippen molar-refractivity contribution in [2.45, 2.75) is 51.5 Å². The molecule has 39 heavy (non-hydrogen) atoms. The molecule has 0 aliphatic carbocycles. The Labute approximate surface area is 228 Å². The monoisotopic (exact) mass is 527 g/mol. The third-order valence-electron chi connectivity index (χ3n) is 8.39. The molecule has 202 valence electrons. The number of piperidine rings is 1. The average Bonchev–Trinajstić information content (AvgIpc) is 3.70. The number of aromatic nitrogens is 3. The van der Waals surface area contributed by atoms with Crippen molar-refractivity contribution in [3.05, 3.63) is 100 Å². The molecule has 8 heteroatoms. The minimum Gasteiger partial charge on any atom is -0.361 e. The maximum atomic E-state index is 13.9. The number of halogens is 1. The van der Waals surface area contributed by atoms with Crippen LogP contribution in [0.25, 0.3) is 5.69 Å². The van der Waals surface area contributed by atoms with Gasteiger partial charge >= 0.3 is 0 Å². The van der Waals surface area contributed by atoms with Gasteiger partial charge in [-0.05, 0) is 76.0 Å². The number of aryl methyl sites for hydroxylation is 2. The molecule has 0 saturated carbocycles. The number of nitrogens with zero attached hydrogens (tertiary/aromatic N) is 5. The standard InChI is InChI=1S/C31H34FN5O2/c1-21-29(22(2)39-34-21)20-35-15-12-24(13-16-35)30-28(18-33-37(30)27-10-8-26(32)9-11-27)31(38)36-17-14-25(19-36)23-6-4-3-5-7-23/h3-11,18,24-25H,12-17,19-20H2,1-2H3/t25-/m0/s1. The van der Waals surface area contributed by atoms with Gasteiger partial charge < -0.3 is 9.42 Å². The van der Waals surface area contributed by atoms with Crippen molar-refractivity contribution in [2.24, 2.45) is 0 Å². The van der Waals surface area contributed by atoms with E-state index < -0.39 is 0 Å². The Kier molecular flexibility index (Phi) is 7.04. The van der Waals surface area contributed by atoms with Crippen LogP contribution in [0.15, 0.2) is 65.3 Å². The molecule has 2 fully saturated rings. The molecule has 2 aliphatic rings. The first-order valence-electron chi connectivity index (χ1n) is 13.8. The SMILES string of the molecule is Cc1noc(C)c1CN1CCC(c2c(C(=O)N3CC[C@H](c4ccccc4)C3)cnn2-c2ccc(F)cc2)CC1. The number of rotatable bonds is 6. The van der Waals surface area contributed by atoms with E-state index in [9.17, 15) is 9.18 Å². The second-order valence-electron chi connectivity index (χ2n) is 10.8. The summed E-state index contributed by atoms with van der Waals surface area (Å²) < 4.78 is 20.9. The van der Waals surface area contributed by atoms with Crippen LogP contribution in [-0.4, -0.2) is 56.8 Å². The summed E-state index contributed by atoms with van der Waals surface area (Å²) in [6.45, 7) is 7.99. The highest BCUT2D eigenvalue weighted by Crippen LogP contribution is 2.35. The fraction of sp³-hybridized carbons (Fsp3) is 0.387. The summed E-state index contributed by atoms with van der Waals surface area (Å²) in [5, 5.41) is 8.78. The summed E-state index contributed by atoms with van der Waals surface area (Å²) in [6.07, 6.45) is 4.48. The van der Waals surface area contributed by atoms with Crippen LogP contribution in [0.3, 0.4) is 0 Å². The average molecular weight is 528 g/mol. The maximum absolute atomic E-state index is 13.9. The van der Waals surface area contributed by atoms with Crippen LogP contribution in [-0.2, 0) is 6.54 Å². The zero-order chi connectivity index (χ0) is 26.9. The van der Waals surface area contributed by atoms with E-state index in [1.807, 2.05) is 29.5 Å². The van der Waals surface area contributed by atoms with Crippen molar-refractivity contribution in [1.29, 1.82) is 0 Å². The van der Waals surface area contributed by atoms with Gasteiger partial charge in [-0.25, -0.2) is 9.07 Å². The Balaban J connectivity index is 1.25. The van der Waals surface area contributed by atoms with E-state index in [1.54, 1.807) is 18.3 Å². The third kappa shape index (κ3) is 5.13. The number of hydrogen-bond acceptors (Lipinski definition) is 5. The van der Waals surface area contributed by atoms with E-state index >= 15 is 0 Å². The second-order valence-corrected chi connectivity index (χ2v) is 10.8. The van der Waals surface area contributed by atoms with Crippen molar-refractivity contribution in [1.82, 2.24) is 24.7 Å². The molecule has 1 atom stereocenters. The van der Waals surface area contributed by atoms with Gasteiger partial charge in [0, 0.05) is 37.0 Å². The number of amides is 1. The van der Waals surface area contributed by atoms with Gasteiger partial charge in [-0.3, -0.25) is 9.69 Å². The lowest BCUT2D eigenvalue weighted by molar-refractivity contribution is 0.0788. The van der Waals surface area contributed by atoms with Gasteiger partial charge in [0.15, 0.2) is 0 Å². The van der Waals surface area contributed by atoms with Crippen LogP contribution in [0, 0.1) is 19.7 Å². The van der Waals surface area contributed by atoms with E-state index in [-0.39, 0.29) is 17.6 Å². The number of hydrogen-bond donors (Lipinski definition) is 0. The molecule has 0 radical (unpaired) electrons. The molecule has 2 saturated heterocycles. The maximum Gasteiger partial charge on any atom is 0.257 e. The van der Waals surface area contributed by atoms with Crippen molar-refractivity contribution < 1.29 is 13.7 Å². The molecular weight excluding hydrogens is 493 g/mol. The van der Waals surface area contributed by atoms with E-state index in [1.165, 1.54) is 17.7 Å². The number of likely N-dealkylation sites (tertiary alicyclic amines) is 2. The summed E-state index contributed by atoms with van der Waals surface area (Å²) in [4.78, 5) is 18.3. The van der Waals surface area contributed by atoms with Crippen LogP contribution in [0.4, 0.5) is 4.39 Å². The van der Waals surface area contributed by atoms with E-state index in [0.717, 1.165) is 73.8 Å². The molecule has 0 bridgehead atoms. The van der Waals surface area contributed by atoms with Crippen LogP contribution in [0.2, 0.25) is 0 Å². The summed E-state index contributed by atoms with van der Waals surface area (Å²) >= 11 is 0. The highest BCUT2D eigenvalue weighted by Gasteiger charge is 2.34. The van der Waals surface area contributed by atoms with Crippen LogP contribution in [0.1, 0.15) is 69.7 Å². The molecule has 0 spiro atoms. The number of benzene rings is 2. The summed E-state index contributed by atoms with van der Waals surface area (Å²) in [5.41, 5.74) is 5.75. The molecule has 6 rings (SSSR count). The molecule has 0 N–H and O–H groups in total. The zero-order valence-corrected chi connectivity index (χ0v) is 22.5. The minimum atomic E-state index is -0.291. The first kappa shape index (κ1) is 25.5. The highest BCUT2D eigenvalue weighted by molar-refractivity contribution is 5.95. The Morgan fingerprint density at radius 2 is 1.69 bits per heavy atom. The Bertz CT molecular complexity index is 1420. The molecule has 2 aliphatic heterocycles. The first-order valence-corrected chi connectivity index (χ1v) is 13.8. The van der Waals surface area contributed by atoms with Gasteiger partial charge in [-0.15, -0.1) is 0 Å². The Hall–Kier alpha value is -3.78. The lowest BCUT2D eigenvalue weighted by atomic mass is 9.90. The van der Waals surface area contributed by atoms with E-state index in [2.05, 4.69) is 39.4 Å². The van der Waals surface area contributed by atoms with E-state index in [0.29, 0.717) is 18.0 Å². The smallest absolute Gasteiger partial charge is 0.257 e. The molecule has 2 aromatic carbocycles. The predicted octanol–water partition coefficient (Wildman–Crippen LogP) is 5.63. The fourth-order valence-electron chi connectivity index (χ4n) is 6.13. The molecule has 7 nitrogen and oxygen atoms in total. The molecule has 4 aromatic rings. The van der Waals surface area contributed by atoms with Crippen molar-refractivity contribution >= 4 is 5.91 Å². The topological polar surface area (TPSA) is 67.4 Å². The lowest BCUT2D eigenvalue weighted by Gasteiger charge is -2.32. The van der Waals surface area contributed by atoms with Crippen LogP contribution < -0.4 is 0 Å². The van der Waals surface area contributed by atoms with E-state index in [4.69, 9.17) is 4.52 Å². The molecule has 0 unspecified atom stereocenters. The largest absolute Gasteiger partial charge is 0.361 e. The van der Waals surface area contributed by atoms with Gasteiger partial charge in [0.25, 0.3) is 5.91 Å². The van der Waals surface area contributed by atoms with Gasteiger partial charge in [0.1, 0.15) is 11.6 Å². The number of carbonyl (C=O) groups is 1. The van der Waals surface area contributed by atoms with Crippen LogP contribution >= 0.6 is 0 Å². The highest BCUT2D eigenvalue weighted by atomic mass is 19.1. The van der Waals surface area contributed by atoms with Crippen molar-refractivity contribution in [3.8, 4) is 5.69 Å². The summed E-state index contributed by atoms with van der Waals surface area (Å²) in [5.74, 6) is 1.13.